The number of rotatable bonds is 6. The Balaban J connectivity index is 1.80. The van der Waals surface area contributed by atoms with E-state index in [1.54, 1.807) is 57.2 Å². The van der Waals surface area contributed by atoms with E-state index in [0.29, 0.717) is 34.7 Å². The normalized spacial score (nSPS) is 11.1. The molecular formula is C24H24BrNO5. The molecule has 3 aromatic carbocycles. The van der Waals surface area contributed by atoms with Crippen LogP contribution in [0.15, 0.2) is 60.7 Å². The van der Waals surface area contributed by atoms with E-state index in [-0.39, 0.29) is 0 Å². The fourth-order valence-corrected chi connectivity index (χ4v) is 3.05. The van der Waals surface area contributed by atoms with Gasteiger partial charge in [-0.1, -0.05) is 40.2 Å². The predicted molar refractivity (Wildman–Crippen MR) is 124 cm³/mol. The highest BCUT2D eigenvalue weighted by Gasteiger charge is 2.18. The van der Waals surface area contributed by atoms with Gasteiger partial charge in [0, 0.05) is 16.1 Å². The van der Waals surface area contributed by atoms with Crippen molar-refractivity contribution in [1.29, 1.82) is 0 Å². The first-order valence-corrected chi connectivity index (χ1v) is 10.9. The smallest absolute Gasteiger partial charge is 0.412 e. The van der Waals surface area contributed by atoms with Gasteiger partial charge in [-0.25, -0.2) is 9.59 Å². The molecule has 6 nitrogen and oxygen atoms in total. The summed E-state index contributed by atoms with van der Waals surface area (Å²) in [5.74, 6) is 0.596. The summed E-state index contributed by atoms with van der Waals surface area (Å²) in [4.78, 5) is 24.8. The van der Waals surface area contributed by atoms with Gasteiger partial charge in [-0.3, -0.25) is 5.32 Å². The Kier molecular flexibility index (Phi) is 7.17. The summed E-state index contributed by atoms with van der Waals surface area (Å²) in [6, 6.07) is 17.5. The summed E-state index contributed by atoms with van der Waals surface area (Å²) in [6.45, 7) is 5.94. The van der Waals surface area contributed by atoms with E-state index in [9.17, 15) is 9.59 Å². The van der Waals surface area contributed by atoms with E-state index >= 15 is 0 Å². The molecule has 0 spiro atoms. The van der Waals surface area contributed by atoms with Crippen molar-refractivity contribution in [2.45, 2.75) is 26.4 Å². The number of fused-ring (bicyclic) bond motifs is 1. The fraction of sp³-hybridized carbons (Fsp3) is 0.250. The van der Waals surface area contributed by atoms with E-state index in [1.165, 1.54) is 0 Å². The summed E-state index contributed by atoms with van der Waals surface area (Å²) in [6.07, 6.45) is -0.551. The Hall–Kier alpha value is -3.06. The first kappa shape index (κ1) is 22.6. The number of carbonyl (C=O) groups is 2. The molecule has 31 heavy (non-hydrogen) atoms. The monoisotopic (exact) mass is 485 g/mol. The molecule has 3 aromatic rings. The maximum absolute atomic E-state index is 12.6. The highest BCUT2D eigenvalue weighted by atomic mass is 79.9. The molecule has 0 fully saturated rings. The molecule has 7 heteroatoms. The van der Waals surface area contributed by atoms with Crippen molar-refractivity contribution >= 4 is 44.5 Å². The van der Waals surface area contributed by atoms with Gasteiger partial charge in [0.1, 0.15) is 17.1 Å². The molecule has 0 heterocycles. The molecule has 0 unspecified atom stereocenters. The average molecular weight is 486 g/mol. The number of alkyl halides is 1. The Morgan fingerprint density at radius 1 is 0.935 bits per heavy atom. The first-order chi connectivity index (χ1) is 14.8. The zero-order valence-corrected chi connectivity index (χ0v) is 19.2. The average Bonchev–Trinajstić information content (AvgIpc) is 2.73. The van der Waals surface area contributed by atoms with Crippen molar-refractivity contribution in [3.8, 4) is 11.5 Å². The van der Waals surface area contributed by atoms with Crippen molar-refractivity contribution in [1.82, 2.24) is 0 Å². The van der Waals surface area contributed by atoms with Crippen LogP contribution in [0.5, 0.6) is 11.5 Å². The summed E-state index contributed by atoms with van der Waals surface area (Å²) in [5.41, 5.74) is 0.369. The summed E-state index contributed by atoms with van der Waals surface area (Å²) in [7, 11) is 0. The molecule has 162 valence electrons. The molecule has 0 aliphatic rings. The topological polar surface area (TPSA) is 73.9 Å². The number of esters is 1. The molecule has 1 N–H and O–H groups in total. The van der Waals surface area contributed by atoms with Crippen LogP contribution in [0.3, 0.4) is 0 Å². The van der Waals surface area contributed by atoms with E-state index < -0.39 is 17.7 Å². The molecule has 0 radical (unpaired) electrons. The largest absolute Gasteiger partial charge is 0.493 e. The molecule has 0 bridgehead atoms. The standard InChI is InChI=1S/C24H24BrNO5/c1-24(2,3)31-23(28)26-20-12-13-21(19-7-5-4-6-18(19)20)30-22(27)16-8-10-17(11-9-16)29-15-14-25/h4-13H,14-15H2,1-3H3,(H,26,28). The number of ether oxygens (including phenoxy) is 3. The van der Waals surface area contributed by atoms with Gasteiger partial charge in [0.25, 0.3) is 0 Å². The highest BCUT2D eigenvalue weighted by Crippen LogP contribution is 2.32. The van der Waals surface area contributed by atoms with Gasteiger partial charge in [-0.05, 0) is 57.2 Å². The Morgan fingerprint density at radius 3 is 2.26 bits per heavy atom. The Bertz CT molecular complexity index is 1070. The second kappa shape index (κ2) is 9.83. The van der Waals surface area contributed by atoms with Crippen LogP contribution in [0.1, 0.15) is 31.1 Å². The number of halogens is 1. The van der Waals surface area contributed by atoms with Gasteiger partial charge in [-0.15, -0.1) is 0 Å². The first-order valence-electron chi connectivity index (χ1n) is 9.79. The van der Waals surface area contributed by atoms with Crippen molar-refractivity contribution in [3.05, 3.63) is 66.2 Å². The van der Waals surface area contributed by atoms with Crippen LogP contribution in [-0.4, -0.2) is 29.6 Å². The van der Waals surface area contributed by atoms with Crippen LogP contribution in [-0.2, 0) is 4.74 Å². The van der Waals surface area contributed by atoms with Crippen LogP contribution >= 0.6 is 15.9 Å². The molecule has 0 aliphatic heterocycles. The lowest BCUT2D eigenvalue weighted by Gasteiger charge is -2.20. The minimum Gasteiger partial charge on any atom is -0.493 e. The Morgan fingerprint density at radius 2 is 1.61 bits per heavy atom. The predicted octanol–water partition coefficient (Wildman–Crippen LogP) is 6.18. The molecule has 0 aromatic heterocycles. The lowest BCUT2D eigenvalue weighted by Crippen LogP contribution is -2.27. The molecule has 0 aliphatic carbocycles. The van der Waals surface area contributed by atoms with Crippen molar-refractivity contribution < 1.29 is 23.8 Å². The SMILES string of the molecule is CC(C)(C)OC(=O)Nc1ccc(OC(=O)c2ccc(OCCBr)cc2)c2ccccc12. The minimum atomic E-state index is -0.607. The van der Waals surface area contributed by atoms with Crippen molar-refractivity contribution in [2.75, 3.05) is 17.3 Å². The van der Waals surface area contributed by atoms with Crippen LogP contribution in [0.25, 0.3) is 10.8 Å². The van der Waals surface area contributed by atoms with Crippen molar-refractivity contribution in [2.24, 2.45) is 0 Å². The number of carbonyl (C=O) groups excluding carboxylic acids is 2. The molecule has 3 rings (SSSR count). The molecular weight excluding hydrogens is 462 g/mol. The van der Waals surface area contributed by atoms with Gasteiger partial charge < -0.3 is 14.2 Å². The number of nitrogens with one attached hydrogen (secondary N) is 1. The zero-order chi connectivity index (χ0) is 22.4. The van der Waals surface area contributed by atoms with Crippen LogP contribution in [0.4, 0.5) is 10.5 Å². The summed E-state index contributed by atoms with van der Waals surface area (Å²) < 4.78 is 16.5. The van der Waals surface area contributed by atoms with Crippen molar-refractivity contribution in [3.63, 3.8) is 0 Å². The Labute approximate surface area is 189 Å². The third kappa shape index (κ3) is 6.21. The second-order valence-electron chi connectivity index (χ2n) is 7.74. The fourth-order valence-electron chi connectivity index (χ4n) is 2.89. The molecule has 0 saturated heterocycles. The summed E-state index contributed by atoms with van der Waals surface area (Å²) in [5, 5.41) is 4.91. The molecule has 0 atom stereocenters. The van der Waals surface area contributed by atoms with Crippen LogP contribution in [0.2, 0.25) is 0 Å². The number of benzene rings is 3. The zero-order valence-electron chi connectivity index (χ0n) is 17.6. The summed E-state index contributed by atoms with van der Waals surface area (Å²) >= 11 is 3.30. The van der Waals surface area contributed by atoms with E-state index in [4.69, 9.17) is 14.2 Å². The van der Waals surface area contributed by atoms with E-state index in [1.807, 2.05) is 24.3 Å². The highest BCUT2D eigenvalue weighted by molar-refractivity contribution is 9.09. The molecule has 0 saturated carbocycles. The third-order valence-electron chi connectivity index (χ3n) is 4.16. The second-order valence-corrected chi connectivity index (χ2v) is 8.53. The van der Waals surface area contributed by atoms with Gasteiger partial charge >= 0.3 is 12.1 Å². The maximum Gasteiger partial charge on any atom is 0.412 e. The lowest BCUT2D eigenvalue weighted by atomic mass is 10.1. The van der Waals surface area contributed by atoms with Gasteiger partial charge in [-0.2, -0.15) is 0 Å². The number of hydrogen-bond donors (Lipinski definition) is 1. The van der Waals surface area contributed by atoms with Gasteiger partial charge in [0.05, 0.1) is 17.9 Å². The maximum atomic E-state index is 12.6. The number of amides is 1. The third-order valence-corrected chi connectivity index (χ3v) is 4.48. The van der Waals surface area contributed by atoms with E-state index in [2.05, 4.69) is 21.2 Å². The molecule has 1 amide bonds. The minimum absolute atomic E-state index is 0.398. The lowest BCUT2D eigenvalue weighted by molar-refractivity contribution is 0.0635. The number of hydrogen-bond acceptors (Lipinski definition) is 5. The van der Waals surface area contributed by atoms with Gasteiger partial charge in [0.15, 0.2) is 0 Å². The van der Waals surface area contributed by atoms with Crippen LogP contribution in [0, 0.1) is 0 Å². The van der Waals surface area contributed by atoms with Gasteiger partial charge in [0.2, 0.25) is 0 Å². The van der Waals surface area contributed by atoms with E-state index in [0.717, 1.165) is 10.7 Å². The quantitative estimate of drug-likeness (QED) is 0.256. The number of anilines is 1. The van der Waals surface area contributed by atoms with Crippen LogP contribution < -0.4 is 14.8 Å².